The van der Waals surface area contributed by atoms with Crippen molar-refractivity contribution in [2.24, 2.45) is 0 Å². The minimum absolute atomic E-state index is 0.243. The van der Waals surface area contributed by atoms with Gasteiger partial charge in [0.1, 0.15) is 11.0 Å². The number of benzene rings is 2. The Balaban J connectivity index is 1.84. The van der Waals surface area contributed by atoms with Gasteiger partial charge in [0.2, 0.25) is 21.1 Å². The van der Waals surface area contributed by atoms with E-state index >= 15 is 0 Å². The van der Waals surface area contributed by atoms with Gasteiger partial charge in [-0.05, 0) is 31.2 Å². The maximum absolute atomic E-state index is 12.9. The Bertz CT molecular complexity index is 1210. The second-order valence-corrected chi connectivity index (χ2v) is 9.96. The molecule has 1 amide bonds. The molecule has 1 atom stereocenters. The van der Waals surface area contributed by atoms with E-state index in [-0.39, 0.29) is 10.8 Å². The molecule has 0 aliphatic rings. The molecule has 2 aromatic carbocycles. The van der Waals surface area contributed by atoms with Crippen molar-refractivity contribution in [1.82, 2.24) is 10.2 Å². The van der Waals surface area contributed by atoms with Crippen molar-refractivity contribution >= 4 is 49.7 Å². The number of hydrogen-bond acceptors (Lipinski definition) is 8. The summed E-state index contributed by atoms with van der Waals surface area (Å²) in [5, 5.41) is 12.1. The van der Waals surface area contributed by atoms with Gasteiger partial charge in [0.25, 0.3) is 0 Å². The monoisotopic (exact) mass is 496 g/mol. The molecule has 0 saturated heterocycles. The fourth-order valence-electron chi connectivity index (χ4n) is 2.96. The summed E-state index contributed by atoms with van der Waals surface area (Å²) in [6.07, 6.45) is 1.02. The number of anilines is 2. The van der Waals surface area contributed by atoms with E-state index in [1.165, 1.54) is 33.3 Å². The summed E-state index contributed by atoms with van der Waals surface area (Å²) in [6, 6.07) is 10.6. The molecule has 32 heavy (non-hydrogen) atoms. The highest BCUT2D eigenvalue weighted by molar-refractivity contribution is 7.92. The van der Waals surface area contributed by atoms with Crippen LogP contribution in [0.5, 0.6) is 11.5 Å². The van der Waals surface area contributed by atoms with E-state index in [2.05, 4.69) is 15.5 Å². The Labute approximate surface area is 195 Å². The summed E-state index contributed by atoms with van der Waals surface area (Å²) in [6.45, 7) is 1.48. The smallest absolute Gasteiger partial charge is 0.249 e. The summed E-state index contributed by atoms with van der Waals surface area (Å²) in [7, 11) is -0.895. The van der Waals surface area contributed by atoms with Crippen LogP contribution in [0.1, 0.15) is 6.92 Å². The van der Waals surface area contributed by atoms with Crippen LogP contribution >= 0.6 is 22.9 Å². The predicted molar refractivity (Wildman–Crippen MR) is 125 cm³/mol. The number of carbonyl (C=O) groups is 1. The van der Waals surface area contributed by atoms with Gasteiger partial charge in [0.05, 0.1) is 26.2 Å². The number of methoxy groups -OCH3 is 2. The first kappa shape index (κ1) is 23.8. The largest absolute Gasteiger partial charge is 0.493 e. The summed E-state index contributed by atoms with van der Waals surface area (Å²) in [4.78, 5) is 12.9. The zero-order chi connectivity index (χ0) is 23.5. The van der Waals surface area contributed by atoms with Crippen LogP contribution in [0.25, 0.3) is 10.6 Å². The molecule has 0 aliphatic heterocycles. The van der Waals surface area contributed by atoms with Crippen molar-refractivity contribution in [3.05, 3.63) is 47.5 Å². The lowest BCUT2D eigenvalue weighted by Gasteiger charge is -2.28. The molecule has 0 radical (unpaired) electrons. The Hall–Kier alpha value is -2.89. The van der Waals surface area contributed by atoms with E-state index in [0.717, 1.165) is 27.5 Å². The van der Waals surface area contributed by atoms with E-state index < -0.39 is 22.0 Å². The van der Waals surface area contributed by atoms with Crippen molar-refractivity contribution in [3.63, 3.8) is 0 Å². The first-order chi connectivity index (χ1) is 15.1. The maximum Gasteiger partial charge on any atom is 0.249 e. The quantitative estimate of drug-likeness (QED) is 0.506. The molecule has 1 N–H and O–H groups in total. The number of sulfonamides is 1. The molecule has 1 heterocycles. The minimum atomic E-state index is -3.81. The molecule has 3 aromatic rings. The maximum atomic E-state index is 12.9. The number of rotatable bonds is 8. The fourth-order valence-corrected chi connectivity index (χ4v) is 5.01. The molecule has 0 bridgehead atoms. The summed E-state index contributed by atoms with van der Waals surface area (Å²) in [5.74, 6) is 0.206. The van der Waals surface area contributed by atoms with Crippen LogP contribution < -0.4 is 19.1 Å². The van der Waals surface area contributed by atoms with Crippen LogP contribution in [0.3, 0.4) is 0 Å². The van der Waals surface area contributed by atoms with E-state index in [1.807, 2.05) is 0 Å². The number of nitrogens with zero attached hydrogens (tertiary/aromatic N) is 3. The minimum Gasteiger partial charge on any atom is -0.493 e. The first-order valence-corrected chi connectivity index (χ1v) is 12.3. The van der Waals surface area contributed by atoms with E-state index in [4.69, 9.17) is 21.1 Å². The zero-order valence-electron chi connectivity index (χ0n) is 17.7. The van der Waals surface area contributed by atoms with Gasteiger partial charge in [-0.25, -0.2) is 8.42 Å². The highest BCUT2D eigenvalue weighted by atomic mass is 35.5. The molecule has 170 valence electrons. The lowest BCUT2D eigenvalue weighted by molar-refractivity contribution is -0.116. The average molecular weight is 497 g/mol. The standard InChI is InChI=1S/C20H21ClN4O5S2/c1-12(25(32(4,27)28)15-9-10-16(29-2)17(11-15)30-3)18(26)22-20-24-23-19(31-20)13-5-7-14(21)8-6-13/h5-12H,1-4H3,(H,22,24,26)/t12-/m1/s1. The van der Waals surface area contributed by atoms with Gasteiger partial charge in [-0.1, -0.05) is 35.1 Å². The van der Waals surface area contributed by atoms with Crippen molar-refractivity contribution in [2.45, 2.75) is 13.0 Å². The van der Waals surface area contributed by atoms with Gasteiger partial charge in [-0.15, -0.1) is 10.2 Å². The second kappa shape index (κ2) is 9.72. The summed E-state index contributed by atoms with van der Waals surface area (Å²) in [5.41, 5.74) is 1.05. The van der Waals surface area contributed by atoms with Gasteiger partial charge in [-0.3, -0.25) is 14.4 Å². The zero-order valence-corrected chi connectivity index (χ0v) is 20.1. The van der Waals surface area contributed by atoms with Crippen molar-refractivity contribution in [1.29, 1.82) is 0 Å². The molecule has 0 aliphatic carbocycles. The van der Waals surface area contributed by atoms with Crippen molar-refractivity contribution in [3.8, 4) is 22.1 Å². The van der Waals surface area contributed by atoms with E-state index in [9.17, 15) is 13.2 Å². The molecule has 0 unspecified atom stereocenters. The molecule has 0 fully saturated rings. The second-order valence-electron chi connectivity index (χ2n) is 6.68. The molecule has 0 saturated carbocycles. The molecule has 1 aromatic heterocycles. The van der Waals surface area contributed by atoms with E-state index in [1.54, 1.807) is 30.3 Å². The Kier molecular flexibility index (Phi) is 7.22. The number of hydrogen-bond donors (Lipinski definition) is 1. The van der Waals surface area contributed by atoms with Crippen LogP contribution in [0.15, 0.2) is 42.5 Å². The number of amides is 1. The van der Waals surface area contributed by atoms with Gasteiger partial charge in [-0.2, -0.15) is 0 Å². The average Bonchev–Trinajstić information content (AvgIpc) is 3.21. The summed E-state index contributed by atoms with van der Waals surface area (Å²) < 4.78 is 36.5. The van der Waals surface area contributed by atoms with Crippen LogP contribution in [-0.2, 0) is 14.8 Å². The SMILES string of the molecule is COc1ccc(N([C@H](C)C(=O)Nc2nnc(-c3ccc(Cl)cc3)s2)S(C)(=O)=O)cc1OC. The third-order valence-corrected chi connectivity index (χ3v) is 6.84. The predicted octanol–water partition coefficient (Wildman–Crippen LogP) is 3.67. The van der Waals surface area contributed by atoms with Gasteiger partial charge < -0.3 is 9.47 Å². The Morgan fingerprint density at radius 1 is 1.09 bits per heavy atom. The van der Waals surface area contributed by atoms with E-state index in [0.29, 0.717) is 21.5 Å². The Morgan fingerprint density at radius 2 is 1.75 bits per heavy atom. The van der Waals surface area contributed by atoms with Gasteiger partial charge in [0, 0.05) is 16.7 Å². The molecule has 3 rings (SSSR count). The van der Waals surface area contributed by atoms with Crippen LogP contribution in [0.2, 0.25) is 5.02 Å². The molecule has 9 nitrogen and oxygen atoms in total. The highest BCUT2D eigenvalue weighted by Gasteiger charge is 2.30. The topological polar surface area (TPSA) is 111 Å². The molecular weight excluding hydrogens is 476 g/mol. The number of carbonyl (C=O) groups excluding carboxylic acids is 1. The van der Waals surface area contributed by atoms with Crippen LogP contribution in [0.4, 0.5) is 10.8 Å². The number of halogens is 1. The third-order valence-electron chi connectivity index (χ3n) is 4.46. The molecular formula is C20H21ClN4O5S2. The number of aromatic nitrogens is 2. The summed E-state index contributed by atoms with van der Waals surface area (Å²) >= 11 is 7.06. The normalized spacial score (nSPS) is 12.2. The first-order valence-electron chi connectivity index (χ1n) is 9.25. The Morgan fingerprint density at radius 3 is 2.34 bits per heavy atom. The number of nitrogens with one attached hydrogen (secondary N) is 1. The molecule has 12 heteroatoms. The van der Waals surface area contributed by atoms with Gasteiger partial charge in [0.15, 0.2) is 11.5 Å². The number of ether oxygens (including phenoxy) is 2. The lowest BCUT2D eigenvalue weighted by Crippen LogP contribution is -2.45. The van der Waals surface area contributed by atoms with Gasteiger partial charge >= 0.3 is 0 Å². The third kappa shape index (κ3) is 5.29. The van der Waals surface area contributed by atoms with Crippen LogP contribution in [0, 0.1) is 0 Å². The molecule has 0 spiro atoms. The van der Waals surface area contributed by atoms with Crippen molar-refractivity contribution in [2.75, 3.05) is 30.1 Å². The van der Waals surface area contributed by atoms with Crippen LogP contribution in [-0.4, -0.2) is 51.0 Å². The lowest BCUT2D eigenvalue weighted by atomic mass is 10.2. The highest BCUT2D eigenvalue weighted by Crippen LogP contribution is 2.34. The van der Waals surface area contributed by atoms with Crippen molar-refractivity contribution < 1.29 is 22.7 Å². The fraction of sp³-hybridized carbons (Fsp3) is 0.250.